The third kappa shape index (κ3) is 6.23. The number of methoxy groups -OCH3 is 1. The Morgan fingerprint density at radius 3 is 2.47 bits per heavy atom. The van der Waals surface area contributed by atoms with Gasteiger partial charge >= 0.3 is 12.1 Å². The number of carbonyl (C=O) groups excluding carboxylic acids is 3. The number of anilines is 1. The van der Waals surface area contributed by atoms with Gasteiger partial charge in [0.05, 0.1) is 28.8 Å². The van der Waals surface area contributed by atoms with Crippen LogP contribution in [0.15, 0.2) is 53.4 Å². The molecule has 34 heavy (non-hydrogen) atoms. The van der Waals surface area contributed by atoms with Crippen LogP contribution in [0.2, 0.25) is 0 Å². The smallest absolute Gasteiger partial charge is 0.418 e. The Balaban J connectivity index is 1.56. The number of ether oxygens (including phenoxy) is 1. The van der Waals surface area contributed by atoms with Gasteiger partial charge in [0.15, 0.2) is 0 Å². The summed E-state index contributed by atoms with van der Waals surface area (Å²) in [6, 6.07) is 11.2. The van der Waals surface area contributed by atoms with Crippen molar-refractivity contribution in [3.05, 3.63) is 70.1 Å². The zero-order valence-corrected chi connectivity index (χ0v) is 19.5. The average Bonchev–Trinajstić information content (AvgIpc) is 3.06. The second-order valence-corrected chi connectivity index (χ2v) is 8.82. The molecule has 0 aliphatic carbocycles. The van der Waals surface area contributed by atoms with Crippen LogP contribution >= 0.6 is 24.0 Å². The lowest BCUT2D eigenvalue weighted by Gasteiger charge is -2.15. The number of thiocarbonyl (C=S) groups is 1. The van der Waals surface area contributed by atoms with Crippen molar-refractivity contribution in [3.63, 3.8) is 0 Å². The summed E-state index contributed by atoms with van der Waals surface area (Å²) in [6.07, 6.45) is -2.82. The number of halogens is 3. The molecule has 1 aliphatic rings. The van der Waals surface area contributed by atoms with Gasteiger partial charge in [-0.1, -0.05) is 48.2 Å². The molecule has 6 nitrogen and oxygen atoms in total. The first-order chi connectivity index (χ1) is 16.1. The summed E-state index contributed by atoms with van der Waals surface area (Å²) in [7, 11) is 1.28. The third-order valence-corrected chi connectivity index (χ3v) is 6.17. The van der Waals surface area contributed by atoms with Crippen LogP contribution in [0.1, 0.15) is 34.3 Å². The number of alkyl halides is 3. The minimum Gasteiger partial charge on any atom is -0.465 e. The van der Waals surface area contributed by atoms with Crippen LogP contribution in [-0.2, 0) is 20.5 Å². The molecule has 0 bridgehead atoms. The van der Waals surface area contributed by atoms with Gasteiger partial charge in [-0.05, 0) is 42.3 Å². The summed E-state index contributed by atoms with van der Waals surface area (Å²) in [5, 5.41) is 2.28. The van der Waals surface area contributed by atoms with Gasteiger partial charge in [0, 0.05) is 13.0 Å². The maximum atomic E-state index is 13.1. The Kier molecular flexibility index (Phi) is 8.11. The molecule has 0 aromatic heterocycles. The number of esters is 1. The normalized spacial score (nSPS) is 15.1. The van der Waals surface area contributed by atoms with Crippen molar-refractivity contribution >= 4 is 57.8 Å². The fraction of sp³-hybridized carbons (Fsp3) is 0.217. The maximum absolute atomic E-state index is 13.1. The van der Waals surface area contributed by atoms with Crippen LogP contribution in [-0.4, -0.2) is 40.7 Å². The van der Waals surface area contributed by atoms with E-state index in [0.29, 0.717) is 20.4 Å². The lowest BCUT2D eigenvalue weighted by atomic mass is 10.1. The van der Waals surface area contributed by atoms with E-state index in [2.05, 4.69) is 10.1 Å². The molecule has 1 N–H and O–H groups in total. The van der Waals surface area contributed by atoms with Crippen molar-refractivity contribution < 1.29 is 32.3 Å². The van der Waals surface area contributed by atoms with Gasteiger partial charge in [0.25, 0.3) is 5.91 Å². The molecule has 0 saturated carbocycles. The van der Waals surface area contributed by atoms with Gasteiger partial charge in [0.1, 0.15) is 4.32 Å². The first-order valence-electron chi connectivity index (χ1n) is 10.00. The second kappa shape index (κ2) is 10.8. The Morgan fingerprint density at radius 1 is 1.15 bits per heavy atom. The van der Waals surface area contributed by atoms with E-state index in [1.165, 1.54) is 30.2 Å². The molecule has 3 rings (SSSR count). The van der Waals surface area contributed by atoms with Crippen LogP contribution in [0.4, 0.5) is 18.9 Å². The summed E-state index contributed by atoms with van der Waals surface area (Å²) in [4.78, 5) is 38.1. The van der Waals surface area contributed by atoms with Crippen molar-refractivity contribution in [2.24, 2.45) is 0 Å². The summed E-state index contributed by atoms with van der Waals surface area (Å²) in [5.41, 5.74) is -0.170. The van der Waals surface area contributed by atoms with Crippen molar-refractivity contribution in [1.29, 1.82) is 0 Å². The average molecular weight is 509 g/mol. The van der Waals surface area contributed by atoms with Gasteiger partial charge in [-0.2, -0.15) is 13.2 Å². The molecule has 0 unspecified atom stereocenters. The van der Waals surface area contributed by atoms with Crippen LogP contribution < -0.4 is 5.32 Å². The molecule has 0 spiro atoms. The van der Waals surface area contributed by atoms with E-state index in [9.17, 15) is 27.6 Å². The zero-order chi connectivity index (χ0) is 24.9. The minimum atomic E-state index is -4.59. The molecule has 1 heterocycles. The van der Waals surface area contributed by atoms with Gasteiger partial charge in [0.2, 0.25) is 5.91 Å². The Morgan fingerprint density at radius 2 is 1.82 bits per heavy atom. The Hall–Kier alpha value is -3.18. The fourth-order valence-electron chi connectivity index (χ4n) is 3.13. The lowest BCUT2D eigenvalue weighted by molar-refractivity contribution is -0.137. The van der Waals surface area contributed by atoms with Gasteiger partial charge in [-0.3, -0.25) is 14.5 Å². The fourth-order valence-corrected chi connectivity index (χ4v) is 4.44. The van der Waals surface area contributed by atoms with Crippen LogP contribution in [0.25, 0.3) is 6.08 Å². The molecule has 2 amide bonds. The molecule has 2 aromatic rings. The summed E-state index contributed by atoms with van der Waals surface area (Å²) >= 11 is 6.37. The number of hydrogen-bond donors (Lipinski definition) is 1. The highest BCUT2D eigenvalue weighted by Gasteiger charge is 2.34. The number of thioether (sulfide) groups is 1. The molecular formula is C23H19F3N2O4S2. The van der Waals surface area contributed by atoms with E-state index in [1.54, 1.807) is 30.3 Å². The van der Waals surface area contributed by atoms with E-state index in [4.69, 9.17) is 12.2 Å². The topological polar surface area (TPSA) is 75.7 Å². The highest BCUT2D eigenvalue weighted by Crippen LogP contribution is 2.35. The molecule has 0 atom stereocenters. The van der Waals surface area contributed by atoms with Gasteiger partial charge < -0.3 is 10.1 Å². The standard InChI is InChI=1S/C23H19F3N2O4S2/c1-32-21(31)15-10-8-14(9-11-15)13-18-20(30)28(22(33)34-18)12-4-7-19(29)27-17-6-3-2-5-16(17)23(24,25)26/h2-3,5-6,8-11,13H,4,7,12H2,1H3,(H,27,29). The number of nitrogens with zero attached hydrogens (tertiary/aromatic N) is 1. The lowest BCUT2D eigenvalue weighted by Crippen LogP contribution is -2.29. The summed E-state index contributed by atoms with van der Waals surface area (Å²) in [5.74, 6) is -1.39. The van der Waals surface area contributed by atoms with E-state index >= 15 is 0 Å². The molecule has 0 radical (unpaired) electrons. The molecule has 11 heteroatoms. The van der Waals surface area contributed by atoms with E-state index in [-0.39, 0.29) is 31.0 Å². The van der Waals surface area contributed by atoms with Crippen LogP contribution in [0.5, 0.6) is 0 Å². The number of rotatable bonds is 7. The Labute approximate surface area is 203 Å². The molecule has 2 aromatic carbocycles. The highest BCUT2D eigenvalue weighted by molar-refractivity contribution is 8.26. The van der Waals surface area contributed by atoms with Gasteiger partial charge in [-0.25, -0.2) is 4.79 Å². The summed E-state index contributed by atoms with van der Waals surface area (Å²) in [6.45, 7) is 0.150. The first-order valence-corrected chi connectivity index (χ1v) is 11.2. The van der Waals surface area contributed by atoms with E-state index < -0.39 is 23.6 Å². The molecule has 1 aliphatic heterocycles. The molecule has 178 valence electrons. The van der Waals surface area contributed by atoms with Crippen molar-refractivity contribution in [1.82, 2.24) is 4.90 Å². The van der Waals surface area contributed by atoms with Gasteiger partial charge in [-0.15, -0.1) is 0 Å². The number of carbonyl (C=O) groups is 3. The molecule has 1 fully saturated rings. The van der Waals surface area contributed by atoms with Crippen molar-refractivity contribution in [2.45, 2.75) is 19.0 Å². The monoisotopic (exact) mass is 508 g/mol. The van der Waals surface area contributed by atoms with Crippen LogP contribution in [0.3, 0.4) is 0 Å². The first kappa shape index (κ1) is 25.4. The maximum Gasteiger partial charge on any atom is 0.418 e. The minimum absolute atomic E-state index is 0.0860. The van der Waals surface area contributed by atoms with Crippen molar-refractivity contribution in [3.8, 4) is 0 Å². The quantitative estimate of drug-likeness (QED) is 0.318. The highest BCUT2D eigenvalue weighted by atomic mass is 32.2. The number of benzene rings is 2. The van der Waals surface area contributed by atoms with Crippen LogP contribution in [0, 0.1) is 0 Å². The number of nitrogens with one attached hydrogen (secondary N) is 1. The predicted molar refractivity (Wildman–Crippen MR) is 127 cm³/mol. The number of para-hydroxylation sites is 1. The van der Waals surface area contributed by atoms with E-state index in [1.807, 2.05) is 0 Å². The number of amides is 2. The number of hydrogen-bond acceptors (Lipinski definition) is 6. The SMILES string of the molecule is COC(=O)c1ccc(C=C2SC(=S)N(CCCC(=O)Nc3ccccc3C(F)(F)F)C2=O)cc1. The predicted octanol–water partition coefficient (Wildman–Crippen LogP) is 5.11. The Bertz CT molecular complexity index is 1150. The second-order valence-electron chi connectivity index (χ2n) is 7.14. The summed E-state index contributed by atoms with van der Waals surface area (Å²) < 4.78 is 44.2. The third-order valence-electron chi connectivity index (χ3n) is 4.80. The van der Waals surface area contributed by atoms with Crippen molar-refractivity contribution in [2.75, 3.05) is 19.0 Å². The van der Waals surface area contributed by atoms with E-state index in [0.717, 1.165) is 17.8 Å². The molecule has 1 saturated heterocycles. The molecular weight excluding hydrogens is 489 g/mol. The largest absolute Gasteiger partial charge is 0.465 e. The zero-order valence-electron chi connectivity index (χ0n) is 17.8.